The largest absolute Gasteiger partial charge is 0.480 e. The molecule has 3 aliphatic rings. The van der Waals surface area contributed by atoms with Crippen molar-refractivity contribution < 1.29 is 50.5 Å². The Morgan fingerprint density at radius 1 is 0.836 bits per heavy atom. The molecule has 3 fully saturated rings. The first-order valence-electron chi connectivity index (χ1n) is 25.4. The van der Waals surface area contributed by atoms with Gasteiger partial charge in [0.15, 0.2) is 40.0 Å². The van der Waals surface area contributed by atoms with Crippen LogP contribution in [0.4, 0.5) is 0 Å². The van der Waals surface area contributed by atoms with E-state index in [2.05, 4.69) is 109 Å². The predicted molar refractivity (Wildman–Crippen MR) is 278 cm³/mol. The smallest absolute Gasteiger partial charge is 0.322 e. The van der Waals surface area contributed by atoms with Gasteiger partial charge >= 0.3 is 5.97 Å². The van der Waals surface area contributed by atoms with Crippen LogP contribution in [0.5, 0.6) is 0 Å². The van der Waals surface area contributed by atoms with E-state index in [9.17, 15) is 18.3 Å². The molecule has 67 heavy (non-hydrogen) atoms. The molecule has 0 saturated carbocycles. The maximum absolute atomic E-state index is 14.6. The van der Waals surface area contributed by atoms with Crippen LogP contribution in [0.15, 0.2) is 59.5 Å². The SMILES string of the molecule is C=C1C[C@H](CCCO[Si](CC)(CC)CC)O[C@H]1CC[C@H]1C[C@@H](C)C(=C)[C@@H](C[C@@H]2O[C@H](C[C@@H](CO[Si](C)(C)C(C)(C)C)O[Si](C)(C)C(C)(C)C)[C@H](OC)[C@H]2[C@H](C(=O)O)S(=O)(=O)c2ccccc2)O1. The van der Waals surface area contributed by atoms with Crippen molar-refractivity contribution in [2.45, 2.75) is 234 Å². The minimum absolute atomic E-state index is 0.0380. The molecule has 0 unspecified atom stereocenters. The van der Waals surface area contributed by atoms with Gasteiger partial charge in [-0.2, -0.15) is 0 Å². The number of hydrogen-bond acceptors (Lipinski definition) is 10. The molecule has 11 nitrogen and oxygen atoms in total. The van der Waals surface area contributed by atoms with Crippen molar-refractivity contribution in [2.24, 2.45) is 11.8 Å². The van der Waals surface area contributed by atoms with Crippen LogP contribution in [0.2, 0.25) is 54.4 Å². The molecule has 3 heterocycles. The van der Waals surface area contributed by atoms with E-state index >= 15 is 0 Å². The molecule has 384 valence electrons. The molecule has 4 rings (SSSR count). The molecule has 0 radical (unpaired) electrons. The van der Waals surface area contributed by atoms with Crippen molar-refractivity contribution >= 4 is 40.8 Å². The molecule has 15 heteroatoms. The average molecular weight is 1010 g/mol. The summed E-state index contributed by atoms with van der Waals surface area (Å²) in [7, 11) is -9.11. The molecule has 0 bridgehead atoms. The summed E-state index contributed by atoms with van der Waals surface area (Å²) >= 11 is 0. The average Bonchev–Trinajstić information content (AvgIpc) is 3.77. The second kappa shape index (κ2) is 23.8. The van der Waals surface area contributed by atoms with E-state index in [1.54, 1.807) is 18.2 Å². The molecule has 3 aliphatic heterocycles. The van der Waals surface area contributed by atoms with E-state index in [4.69, 9.17) is 32.2 Å². The number of benzene rings is 1. The summed E-state index contributed by atoms with van der Waals surface area (Å²) in [5, 5.41) is 9.01. The Balaban J connectivity index is 1.60. The Hall–Kier alpha value is -1.51. The van der Waals surface area contributed by atoms with Gasteiger partial charge < -0.3 is 37.3 Å². The normalized spacial score (nSPS) is 28.0. The van der Waals surface area contributed by atoms with Crippen molar-refractivity contribution in [2.75, 3.05) is 20.3 Å². The van der Waals surface area contributed by atoms with Gasteiger partial charge in [-0.1, -0.05) is 101 Å². The zero-order valence-corrected chi connectivity index (χ0v) is 48.1. The lowest BCUT2D eigenvalue weighted by atomic mass is 9.82. The van der Waals surface area contributed by atoms with Gasteiger partial charge in [0.25, 0.3) is 0 Å². The van der Waals surface area contributed by atoms with Crippen molar-refractivity contribution in [1.82, 2.24) is 0 Å². The van der Waals surface area contributed by atoms with E-state index in [0.717, 1.165) is 74.4 Å². The molecule has 0 aliphatic carbocycles. The Morgan fingerprint density at radius 2 is 1.43 bits per heavy atom. The number of aliphatic carboxylic acids is 1. The molecule has 1 aromatic rings. The van der Waals surface area contributed by atoms with Gasteiger partial charge in [0.1, 0.15) is 0 Å². The third-order valence-corrected chi connectivity index (χ3v) is 32.4. The van der Waals surface area contributed by atoms with Gasteiger partial charge in [0, 0.05) is 32.5 Å². The van der Waals surface area contributed by atoms with Crippen molar-refractivity contribution in [3.63, 3.8) is 0 Å². The van der Waals surface area contributed by atoms with Crippen molar-refractivity contribution in [3.8, 4) is 0 Å². The van der Waals surface area contributed by atoms with E-state index in [1.165, 1.54) is 19.2 Å². The Morgan fingerprint density at radius 3 is 1.99 bits per heavy atom. The summed E-state index contributed by atoms with van der Waals surface area (Å²) in [6.07, 6.45) is 2.25. The number of methoxy groups -OCH3 is 1. The van der Waals surface area contributed by atoms with Crippen molar-refractivity contribution in [3.05, 3.63) is 54.6 Å². The van der Waals surface area contributed by atoms with Gasteiger partial charge in [0.05, 0.1) is 60.3 Å². The Bertz CT molecular complexity index is 1870. The molecule has 1 N–H and O–H groups in total. The third kappa shape index (κ3) is 14.6. The summed E-state index contributed by atoms with van der Waals surface area (Å²) in [5.74, 6) is -2.42. The monoisotopic (exact) mass is 1010 g/mol. The second-order valence-corrected chi connectivity index (χ2v) is 39.4. The van der Waals surface area contributed by atoms with Crippen LogP contribution in [0, 0.1) is 11.8 Å². The number of ether oxygens (including phenoxy) is 4. The van der Waals surface area contributed by atoms with Gasteiger partial charge in [-0.05, 0) is 122 Å². The maximum Gasteiger partial charge on any atom is 0.322 e. The number of carboxylic acid groups (broad SMARTS) is 1. The number of rotatable bonds is 25. The number of hydrogen-bond donors (Lipinski definition) is 1. The fraction of sp³-hybridized carbons (Fsp3) is 0.788. The molecule has 3 saturated heterocycles. The van der Waals surface area contributed by atoms with Crippen molar-refractivity contribution in [1.29, 1.82) is 0 Å². The highest BCUT2D eigenvalue weighted by molar-refractivity contribution is 7.92. The van der Waals surface area contributed by atoms with Crippen LogP contribution < -0.4 is 0 Å². The fourth-order valence-corrected chi connectivity index (χ4v) is 16.7. The molecule has 11 atom stereocenters. The van der Waals surface area contributed by atoms with Crippen LogP contribution in [-0.2, 0) is 46.9 Å². The van der Waals surface area contributed by atoms with E-state index < -0.39 is 82.4 Å². The Labute approximate surface area is 410 Å². The summed E-state index contributed by atoms with van der Waals surface area (Å²) in [6, 6.07) is 11.3. The summed E-state index contributed by atoms with van der Waals surface area (Å²) in [4.78, 5) is 13.5. The zero-order valence-electron chi connectivity index (χ0n) is 44.3. The molecule has 0 aromatic heterocycles. The molecule has 0 amide bonds. The first kappa shape index (κ1) is 58.1. The van der Waals surface area contributed by atoms with Gasteiger partial charge in [-0.15, -0.1) is 0 Å². The molecule has 1 aromatic carbocycles. The van der Waals surface area contributed by atoms with Gasteiger partial charge in [-0.3, -0.25) is 4.79 Å². The molecule has 0 spiro atoms. The second-order valence-electron chi connectivity index (χ2n) is 23.0. The van der Waals surface area contributed by atoms with Crippen LogP contribution in [0.3, 0.4) is 0 Å². The highest BCUT2D eigenvalue weighted by atomic mass is 32.2. The van der Waals surface area contributed by atoms with Gasteiger partial charge in [0.2, 0.25) is 0 Å². The minimum atomic E-state index is -4.42. The first-order valence-corrected chi connectivity index (χ1v) is 35.3. The van der Waals surface area contributed by atoms with Gasteiger partial charge in [-0.25, -0.2) is 8.42 Å². The lowest BCUT2D eigenvalue weighted by molar-refractivity contribution is -0.139. The maximum atomic E-state index is 14.6. The summed E-state index contributed by atoms with van der Waals surface area (Å²) < 4.78 is 76.3. The summed E-state index contributed by atoms with van der Waals surface area (Å²) in [5.41, 5.74) is 2.01. The highest BCUT2D eigenvalue weighted by Gasteiger charge is 2.57. The topological polar surface area (TPSA) is 136 Å². The van der Waals surface area contributed by atoms with Crippen LogP contribution >= 0.6 is 0 Å². The molecular formula is C52H92O11SSi3. The van der Waals surface area contributed by atoms with Crippen LogP contribution in [0.1, 0.15) is 121 Å². The standard InChI is InChI=1S/C52H92O11SSi3/c1-18-67(19-2,20-3)58-30-24-25-39-32-37(5)43(60-39)29-28-40-31-36(4)38(6)44(61-40)34-45-47(49(50(53)54)64(55,56)42-26-22-21-23-27-42)48(57-13)46(62-45)33-41(63-66(16,17)52(10,11)12)35-59-65(14,15)51(7,8)9/h21-23,26-27,36,39-41,43-49H,5-6,18-20,24-25,28-35H2,1-4,7-17H3,(H,53,54)/t36-,39+,40+,41+,43+,44-,45+,46-,47+,48+,49-/m1/s1. The lowest BCUT2D eigenvalue weighted by Gasteiger charge is -2.42. The summed E-state index contributed by atoms with van der Waals surface area (Å²) in [6.45, 7) is 41.0. The number of carboxylic acids is 1. The van der Waals surface area contributed by atoms with E-state index in [0.29, 0.717) is 13.0 Å². The Kier molecular flexibility index (Phi) is 20.6. The first-order chi connectivity index (χ1) is 31.1. The predicted octanol–water partition coefficient (Wildman–Crippen LogP) is 12.2. The third-order valence-electron chi connectivity index (χ3n) is 16.5. The molecular weight excluding hydrogens is 917 g/mol. The minimum Gasteiger partial charge on any atom is -0.480 e. The number of sulfone groups is 1. The quantitative estimate of drug-likeness (QED) is 0.0569. The fourth-order valence-electron chi connectivity index (χ4n) is 9.79. The number of carbonyl (C=O) groups is 1. The van der Waals surface area contributed by atoms with E-state index in [-0.39, 0.29) is 45.6 Å². The van der Waals surface area contributed by atoms with Crippen LogP contribution in [-0.4, -0.2) is 119 Å². The highest BCUT2D eigenvalue weighted by Crippen LogP contribution is 2.45. The zero-order chi connectivity index (χ0) is 50.3. The lowest BCUT2D eigenvalue weighted by Crippen LogP contribution is -2.50. The van der Waals surface area contributed by atoms with Crippen LogP contribution in [0.25, 0.3) is 0 Å². The van der Waals surface area contributed by atoms with E-state index in [1.807, 2.05) is 0 Å².